The molecule has 0 aliphatic carbocycles. The van der Waals surface area contributed by atoms with Crippen molar-refractivity contribution < 1.29 is 14.6 Å². The number of carboxylic acids is 1. The first-order chi connectivity index (χ1) is 11.0. The highest BCUT2D eigenvalue weighted by atomic mass is 35.5. The van der Waals surface area contributed by atoms with Gasteiger partial charge >= 0.3 is 5.97 Å². The zero-order valence-electron chi connectivity index (χ0n) is 12.2. The van der Waals surface area contributed by atoms with Gasteiger partial charge in [-0.25, -0.2) is 0 Å². The summed E-state index contributed by atoms with van der Waals surface area (Å²) in [6.45, 7) is 0.376. The molecular formula is C16H14Cl2N2O3. The number of nitrogens with zero attached hydrogens (tertiary/aromatic N) is 1. The molecule has 7 heteroatoms. The summed E-state index contributed by atoms with van der Waals surface area (Å²) in [6, 6.07) is 5.49. The number of fused-ring (bicyclic) bond motifs is 3. The molecule has 1 aromatic carbocycles. The molecule has 2 aromatic rings. The Kier molecular flexibility index (Phi) is 4.24. The molecule has 1 aromatic heterocycles. The highest BCUT2D eigenvalue weighted by molar-refractivity contribution is 6.40. The van der Waals surface area contributed by atoms with Crippen LogP contribution in [0.5, 0.6) is 0 Å². The van der Waals surface area contributed by atoms with Gasteiger partial charge in [-0.3, -0.25) is 4.79 Å². The fraction of sp³-hybridized carbons (Fsp3) is 0.375. The predicted molar refractivity (Wildman–Crippen MR) is 86.8 cm³/mol. The predicted octanol–water partition coefficient (Wildman–Crippen LogP) is 4.02. The van der Waals surface area contributed by atoms with Crippen LogP contribution in [0.15, 0.2) is 12.1 Å². The van der Waals surface area contributed by atoms with Crippen LogP contribution in [-0.2, 0) is 21.6 Å². The topological polar surface area (TPSA) is 86.1 Å². The number of aliphatic carboxylic acids is 1. The van der Waals surface area contributed by atoms with Crippen LogP contribution < -0.4 is 0 Å². The Labute approximate surface area is 142 Å². The number of benzene rings is 1. The van der Waals surface area contributed by atoms with Crippen molar-refractivity contribution in [1.82, 2.24) is 4.98 Å². The fourth-order valence-corrected chi connectivity index (χ4v) is 3.76. The largest absolute Gasteiger partial charge is 0.481 e. The normalized spacial score (nSPS) is 20.2. The van der Waals surface area contributed by atoms with E-state index in [2.05, 4.69) is 11.1 Å². The molecule has 0 saturated heterocycles. The minimum absolute atomic E-state index is 0.198. The van der Waals surface area contributed by atoms with Crippen molar-refractivity contribution >= 4 is 40.1 Å². The molecule has 1 aliphatic rings. The third-order valence-electron chi connectivity index (χ3n) is 4.22. The lowest BCUT2D eigenvalue weighted by molar-refractivity contribution is -0.149. The summed E-state index contributed by atoms with van der Waals surface area (Å²) in [5.41, 5.74) is 1.23. The molecule has 0 radical (unpaired) electrons. The Hall–Kier alpha value is -1.74. The van der Waals surface area contributed by atoms with Gasteiger partial charge in [0.1, 0.15) is 5.60 Å². The molecule has 0 spiro atoms. The lowest BCUT2D eigenvalue weighted by atomic mass is 9.85. The first kappa shape index (κ1) is 16.1. The first-order valence-corrected chi connectivity index (χ1v) is 7.96. The Bertz CT molecular complexity index is 825. The summed E-state index contributed by atoms with van der Waals surface area (Å²) < 4.78 is 5.86. The number of nitrogens with one attached hydrogen (secondary N) is 1. The second-order valence-electron chi connectivity index (χ2n) is 5.58. The Morgan fingerprint density at radius 1 is 1.43 bits per heavy atom. The van der Waals surface area contributed by atoms with Crippen LogP contribution in [-0.4, -0.2) is 22.7 Å². The smallest absolute Gasteiger partial charge is 0.306 e. The van der Waals surface area contributed by atoms with E-state index >= 15 is 0 Å². The lowest BCUT2D eigenvalue weighted by Gasteiger charge is -2.36. The molecule has 0 saturated carbocycles. The van der Waals surface area contributed by atoms with Crippen LogP contribution in [0, 0.1) is 11.3 Å². The number of hydrogen-bond acceptors (Lipinski definition) is 3. The zero-order chi connectivity index (χ0) is 16.6. The van der Waals surface area contributed by atoms with Gasteiger partial charge in [-0.15, -0.1) is 0 Å². The summed E-state index contributed by atoms with van der Waals surface area (Å²) in [7, 11) is 0. The monoisotopic (exact) mass is 352 g/mol. The summed E-state index contributed by atoms with van der Waals surface area (Å²) in [6.07, 6.45) is 0.890. The molecule has 1 atom stereocenters. The van der Waals surface area contributed by atoms with Crippen molar-refractivity contribution in [2.45, 2.75) is 31.3 Å². The average molecular weight is 353 g/mol. The quantitative estimate of drug-likeness (QED) is 0.869. The Morgan fingerprint density at radius 3 is 2.87 bits per heavy atom. The number of aromatic nitrogens is 1. The van der Waals surface area contributed by atoms with E-state index < -0.39 is 11.6 Å². The molecular weight excluding hydrogens is 339 g/mol. The van der Waals surface area contributed by atoms with Crippen LogP contribution in [0.1, 0.15) is 30.5 Å². The van der Waals surface area contributed by atoms with E-state index in [1.807, 2.05) is 0 Å². The van der Waals surface area contributed by atoms with E-state index in [0.29, 0.717) is 40.7 Å². The van der Waals surface area contributed by atoms with E-state index in [1.165, 1.54) is 0 Å². The van der Waals surface area contributed by atoms with Gasteiger partial charge in [-0.1, -0.05) is 23.2 Å². The number of carbonyl (C=O) groups is 1. The molecule has 0 fully saturated rings. The third-order valence-corrected chi connectivity index (χ3v) is 4.85. The molecule has 0 bridgehead atoms. The number of carboxylic acid groups (broad SMARTS) is 1. The maximum atomic E-state index is 11.4. The molecule has 120 valence electrons. The van der Waals surface area contributed by atoms with Crippen molar-refractivity contribution in [3.05, 3.63) is 33.4 Å². The molecule has 0 amide bonds. The maximum Gasteiger partial charge on any atom is 0.306 e. The standard InChI is InChI=1S/C16H14Cl2N2O3/c17-10-2-3-11(18)14-13(10)9-4-7-23-16(5-1-6-19,8-12(21)22)15(9)20-14/h2-3,20H,1,4-5,7-8H2,(H,21,22). The Morgan fingerprint density at radius 2 is 2.17 bits per heavy atom. The highest BCUT2D eigenvalue weighted by Crippen LogP contribution is 2.45. The van der Waals surface area contributed by atoms with E-state index in [-0.39, 0.29) is 12.8 Å². The van der Waals surface area contributed by atoms with Crippen molar-refractivity contribution in [2.24, 2.45) is 0 Å². The minimum atomic E-state index is -1.05. The number of ether oxygens (including phenoxy) is 1. The zero-order valence-corrected chi connectivity index (χ0v) is 13.7. The number of rotatable bonds is 4. The van der Waals surface area contributed by atoms with Gasteiger partial charge in [-0.2, -0.15) is 5.26 Å². The minimum Gasteiger partial charge on any atom is -0.481 e. The van der Waals surface area contributed by atoms with Gasteiger partial charge in [0.05, 0.1) is 40.4 Å². The SMILES string of the molecule is N#CCCC1(CC(=O)O)OCCc2c1[nH]c1c(Cl)ccc(Cl)c21. The summed E-state index contributed by atoms with van der Waals surface area (Å²) >= 11 is 12.6. The molecule has 2 N–H and O–H groups in total. The third kappa shape index (κ3) is 2.67. The first-order valence-electron chi connectivity index (χ1n) is 7.20. The van der Waals surface area contributed by atoms with E-state index in [1.54, 1.807) is 12.1 Å². The van der Waals surface area contributed by atoms with Crippen molar-refractivity contribution in [3.8, 4) is 6.07 Å². The molecule has 5 nitrogen and oxygen atoms in total. The van der Waals surface area contributed by atoms with Crippen LogP contribution in [0.3, 0.4) is 0 Å². The summed E-state index contributed by atoms with van der Waals surface area (Å²) in [5, 5.41) is 20.1. The van der Waals surface area contributed by atoms with Gasteiger partial charge in [0.2, 0.25) is 0 Å². The Balaban J connectivity index is 2.24. The average Bonchev–Trinajstić information content (AvgIpc) is 2.91. The second-order valence-corrected chi connectivity index (χ2v) is 6.39. The van der Waals surface area contributed by atoms with Crippen LogP contribution in [0.4, 0.5) is 0 Å². The number of halogens is 2. The fourth-order valence-electron chi connectivity index (χ4n) is 3.28. The molecule has 1 unspecified atom stereocenters. The van der Waals surface area contributed by atoms with Crippen LogP contribution in [0.25, 0.3) is 10.9 Å². The molecule has 3 rings (SSSR count). The van der Waals surface area contributed by atoms with Crippen molar-refractivity contribution in [3.63, 3.8) is 0 Å². The second kappa shape index (κ2) is 6.04. The van der Waals surface area contributed by atoms with Gasteiger partial charge < -0.3 is 14.8 Å². The van der Waals surface area contributed by atoms with Gasteiger partial charge in [-0.05, 0) is 30.5 Å². The van der Waals surface area contributed by atoms with E-state index in [9.17, 15) is 9.90 Å². The maximum absolute atomic E-state index is 11.4. The number of nitriles is 1. The highest BCUT2D eigenvalue weighted by Gasteiger charge is 2.42. The summed E-state index contributed by atoms with van der Waals surface area (Å²) in [4.78, 5) is 14.6. The van der Waals surface area contributed by atoms with Crippen LogP contribution >= 0.6 is 23.2 Å². The number of hydrogen-bond donors (Lipinski definition) is 2. The molecule has 23 heavy (non-hydrogen) atoms. The van der Waals surface area contributed by atoms with Crippen LogP contribution in [0.2, 0.25) is 10.0 Å². The van der Waals surface area contributed by atoms with E-state index in [0.717, 1.165) is 10.9 Å². The van der Waals surface area contributed by atoms with Gasteiger partial charge in [0.25, 0.3) is 0 Å². The number of H-pyrrole nitrogens is 1. The number of aromatic amines is 1. The van der Waals surface area contributed by atoms with E-state index in [4.69, 9.17) is 33.2 Å². The van der Waals surface area contributed by atoms with Crippen molar-refractivity contribution in [1.29, 1.82) is 5.26 Å². The molecule has 2 heterocycles. The van der Waals surface area contributed by atoms with Crippen molar-refractivity contribution in [2.75, 3.05) is 6.61 Å². The van der Waals surface area contributed by atoms with Gasteiger partial charge in [0.15, 0.2) is 0 Å². The summed E-state index contributed by atoms with van der Waals surface area (Å²) in [5.74, 6) is -0.980. The lowest BCUT2D eigenvalue weighted by Crippen LogP contribution is -2.38. The van der Waals surface area contributed by atoms with Gasteiger partial charge in [0, 0.05) is 11.8 Å². The molecule has 1 aliphatic heterocycles.